The van der Waals surface area contributed by atoms with Crippen LogP contribution in [0.3, 0.4) is 0 Å². The van der Waals surface area contributed by atoms with Crippen molar-refractivity contribution in [2.45, 2.75) is 25.8 Å². The van der Waals surface area contributed by atoms with E-state index in [4.69, 9.17) is 9.84 Å². The van der Waals surface area contributed by atoms with Crippen LogP contribution in [-0.2, 0) is 11.4 Å². The number of halogens is 3. The fraction of sp³-hybridized carbons (Fsp3) is 0.368. The second kappa shape index (κ2) is 8.37. The number of hydrogen-bond donors (Lipinski definition) is 1. The van der Waals surface area contributed by atoms with Gasteiger partial charge in [0.25, 0.3) is 0 Å². The van der Waals surface area contributed by atoms with Crippen LogP contribution in [0.5, 0.6) is 11.5 Å². The van der Waals surface area contributed by atoms with Crippen molar-refractivity contribution in [3.05, 3.63) is 48.3 Å². The zero-order valence-corrected chi connectivity index (χ0v) is 14.9. The van der Waals surface area contributed by atoms with Crippen LogP contribution in [0.2, 0.25) is 0 Å². The van der Waals surface area contributed by atoms with E-state index in [9.17, 15) is 18.0 Å². The van der Waals surface area contributed by atoms with Crippen LogP contribution in [0.1, 0.15) is 18.4 Å². The lowest BCUT2D eigenvalue weighted by Crippen LogP contribution is -2.20. The number of ether oxygens (including phenoxy) is 2. The van der Waals surface area contributed by atoms with Crippen LogP contribution >= 0.6 is 0 Å². The average Bonchev–Trinajstić information content (AvgIpc) is 3.08. The predicted octanol–water partition coefficient (Wildman–Crippen LogP) is 3.86. The molecule has 0 bridgehead atoms. The van der Waals surface area contributed by atoms with E-state index in [1.807, 2.05) is 6.07 Å². The van der Waals surface area contributed by atoms with Crippen LogP contribution in [0.25, 0.3) is 0 Å². The van der Waals surface area contributed by atoms with Gasteiger partial charge in [-0.1, -0.05) is 12.1 Å². The third-order valence-electron chi connectivity index (χ3n) is 4.38. The Morgan fingerprint density at radius 3 is 2.64 bits per heavy atom. The molecule has 0 saturated carbocycles. The smallest absolute Gasteiger partial charge is 0.487 e. The van der Waals surface area contributed by atoms with Crippen LogP contribution in [-0.4, -0.2) is 35.5 Å². The van der Waals surface area contributed by atoms with Gasteiger partial charge in [-0.3, -0.25) is 9.78 Å². The maximum absolute atomic E-state index is 12.2. The molecule has 1 aliphatic rings. The summed E-state index contributed by atoms with van der Waals surface area (Å²) in [4.78, 5) is 17.1. The van der Waals surface area contributed by atoms with Crippen molar-refractivity contribution in [1.82, 2.24) is 4.98 Å². The minimum absolute atomic E-state index is 0.111. The molecule has 0 aliphatic carbocycles. The normalized spacial score (nSPS) is 16.8. The molecule has 2 aromatic rings. The minimum Gasteiger partial charge on any atom is -0.487 e. The van der Waals surface area contributed by atoms with E-state index in [0.717, 1.165) is 18.7 Å². The van der Waals surface area contributed by atoms with E-state index in [2.05, 4.69) is 14.6 Å². The molecule has 28 heavy (non-hydrogen) atoms. The van der Waals surface area contributed by atoms with E-state index in [1.165, 1.54) is 24.3 Å². The minimum atomic E-state index is -4.72. The van der Waals surface area contributed by atoms with Gasteiger partial charge in [-0.25, -0.2) is 0 Å². The first-order valence-electron chi connectivity index (χ1n) is 8.68. The topological polar surface area (TPSA) is 71.9 Å². The Hall–Kier alpha value is -2.97. The molecule has 6 nitrogen and oxygen atoms in total. The Bertz CT molecular complexity index is 812. The Kier molecular flexibility index (Phi) is 5.91. The molecule has 1 aromatic heterocycles. The first-order valence-corrected chi connectivity index (χ1v) is 8.68. The van der Waals surface area contributed by atoms with Gasteiger partial charge in [-0.15, -0.1) is 13.2 Å². The van der Waals surface area contributed by atoms with E-state index >= 15 is 0 Å². The quantitative estimate of drug-likeness (QED) is 0.766. The maximum Gasteiger partial charge on any atom is 0.573 e. The van der Waals surface area contributed by atoms with Crippen molar-refractivity contribution in [3.63, 3.8) is 0 Å². The number of carboxylic acids is 1. The third-order valence-corrected chi connectivity index (χ3v) is 4.38. The van der Waals surface area contributed by atoms with Crippen LogP contribution in [0.15, 0.2) is 42.7 Å². The summed E-state index contributed by atoms with van der Waals surface area (Å²) < 4.78 is 46.0. The number of anilines is 1. The summed E-state index contributed by atoms with van der Waals surface area (Å²) in [5.74, 6) is -0.451. The van der Waals surface area contributed by atoms with Crippen molar-refractivity contribution in [1.29, 1.82) is 0 Å². The number of nitrogens with zero attached hydrogens (tertiary/aromatic N) is 2. The van der Waals surface area contributed by atoms with E-state index in [0.29, 0.717) is 17.9 Å². The van der Waals surface area contributed by atoms with Crippen molar-refractivity contribution in [2.24, 2.45) is 5.92 Å². The standard InChI is InChI=1S/C19H19F3N2O4/c20-19(21,22)28-16-3-1-13(2-4-16)12-27-17-8-15(9-23-10-17)24-6-5-14(11-24)7-18(25)26/h1-4,8-10,14H,5-7,11-12H2,(H,25,26). The summed E-state index contributed by atoms with van der Waals surface area (Å²) in [5, 5.41) is 8.91. The van der Waals surface area contributed by atoms with E-state index in [1.54, 1.807) is 12.4 Å². The SMILES string of the molecule is O=C(O)CC1CCN(c2cncc(OCc3ccc(OC(F)(F)F)cc3)c2)C1. The fourth-order valence-corrected chi connectivity index (χ4v) is 3.09. The molecular formula is C19H19F3N2O4. The molecular weight excluding hydrogens is 377 g/mol. The zero-order valence-electron chi connectivity index (χ0n) is 14.9. The summed E-state index contributed by atoms with van der Waals surface area (Å²) in [6.07, 6.45) is -0.518. The number of carboxylic acid groups (broad SMARTS) is 1. The van der Waals surface area contributed by atoms with Gasteiger partial charge in [0.15, 0.2) is 0 Å². The van der Waals surface area contributed by atoms with Crippen molar-refractivity contribution < 1.29 is 32.5 Å². The van der Waals surface area contributed by atoms with E-state index in [-0.39, 0.29) is 24.7 Å². The fourth-order valence-electron chi connectivity index (χ4n) is 3.09. The molecule has 1 aliphatic heterocycles. The molecule has 1 unspecified atom stereocenters. The van der Waals surface area contributed by atoms with Crippen LogP contribution < -0.4 is 14.4 Å². The zero-order chi connectivity index (χ0) is 20.1. The number of rotatable bonds is 7. The molecule has 0 spiro atoms. The lowest BCUT2D eigenvalue weighted by Gasteiger charge is -2.19. The number of pyridine rings is 1. The largest absolute Gasteiger partial charge is 0.573 e. The van der Waals surface area contributed by atoms with Crippen LogP contribution in [0, 0.1) is 5.92 Å². The number of hydrogen-bond acceptors (Lipinski definition) is 5. The molecule has 0 amide bonds. The number of aromatic nitrogens is 1. The molecule has 1 N–H and O–H groups in total. The van der Waals surface area contributed by atoms with Gasteiger partial charge in [0.2, 0.25) is 0 Å². The second-order valence-corrected chi connectivity index (χ2v) is 6.56. The van der Waals surface area contributed by atoms with Gasteiger partial charge < -0.3 is 19.5 Å². The van der Waals surface area contributed by atoms with Crippen molar-refractivity contribution in [3.8, 4) is 11.5 Å². The predicted molar refractivity (Wildman–Crippen MR) is 94.3 cm³/mol. The Morgan fingerprint density at radius 1 is 1.21 bits per heavy atom. The highest BCUT2D eigenvalue weighted by Gasteiger charge is 2.31. The molecule has 0 radical (unpaired) electrons. The monoisotopic (exact) mass is 396 g/mol. The number of benzene rings is 1. The summed E-state index contributed by atoms with van der Waals surface area (Å²) in [7, 11) is 0. The number of alkyl halides is 3. The number of carbonyl (C=O) groups is 1. The lowest BCUT2D eigenvalue weighted by atomic mass is 10.1. The molecule has 1 aromatic carbocycles. The maximum atomic E-state index is 12.2. The molecule has 3 rings (SSSR count). The molecule has 150 valence electrons. The van der Waals surface area contributed by atoms with Gasteiger partial charge in [-0.2, -0.15) is 0 Å². The van der Waals surface area contributed by atoms with Gasteiger partial charge in [0, 0.05) is 25.6 Å². The number of aliphatic carboxylic acids is 1. The first-order chi connectivity index (χ1) is 13.3. The average molecular weight is 396 g/mol. The van der Waals surface area contributed by atoms with Gasteiger partial charge in [-0.05, 0) is 30.0 Å². The Balaban J connectivity index is 1.56. The third kappa shape index (κ3) is 5.77. The van der Waals surface area contributed by atoms with Gasteiger partial charge in [0.1, 0.15) is 18.1 Å². The second-order valence-electron chi connectivity index (χ2n) is 6.56. The first kappa shape index (κ1) is 19.8. The highest BCUT2D eigenvalue weighted by molar-refractivity contribution is 5.67. The van der Waals surface area contributed by atoms with Gasteiger partial charge >= 0.3 is 12.3 Å². The summed E-state index contributed by atoms with van der Waals surface area (Å²) in [6, 6.07) is 7.27. The molecule has 1 atom stereocenters. The molecule has 1 saturated heterocycles. The Labute approximate surface area is 159 Å². The lowest BCUT2D eigenvalue weighted by molar-refractivity contribution is -0.274. The Morgan fingerprint density at radius 2 is 1.96 bits per heavy atom. The van der Waals surface area contributed by atoms with Crippen LogP contribution in [0.4, 0.5) is 18.9 Å². The summed E-state index contributed by atoms with van der Waals surface area (Å²) in [5.41, 5.74) is 1.53. The molecule has 9 heteroatoms. The van der Waals surface area contributed by atoms with Gasteiger partial charge in [0.05, 0.1) is 18.1 Å². The highest BCUT2D eigenvalue weighted by Crippen LogP contribution is 2.28. The summed E-state index contributed by atoms with van der Waals surface area (Å²) >= 11 is 0. The summed E-state index contributed by atoms with van der Waals surface area (Å²) in [6.45, 7) is 1.57. The molecule has 1 fully saturated rings. The highest BCUT2D eigenvalue weighted by atomic mass is 19.4. The van der Waals surface area contributed by atoms with Crippen molar-refractivity contribution >= 4 is 11.7 Å². The van der Waals surface area contributed by atoms with E-state index < -0.39 is 12.3 Å². The van der Waals surface area contributed by atoms with Crippen molar-refractivity contribution in [2.75, 3.05) is 18.0 Å². The molecule has 2 heterocycles.